The number of hydrogen-bond acceptors (Lipinski definition) is 4. The molecule has 0 saturated carbocycles. The number of thioether (sulfide) groups is 1. The zero-order valence-electron chi connectivity index (χ0n) is 10.0. The molecule has 0 atom stereocenters. The lowest BCUT2D eigenvalue weighted by Gasteiger charge is -2.17. The van der Waals surface area contributed by atoms with Crippen LogP contribution in [0.1, 0.15) is 16.8 Å². The van der Waals surface area contributed by atoms with Crippen molar-refractivity contribution in [3.63, 3.8) is 0 Å². The summed E-state index contributed by atoms with van der Waals surface area (Å²) in [5.74, 6) is 0.0889. The number of rotatable bonds is 5. The van der Waals surface area contributed by atoms with E-state index >= 15 is 0 Å². The van der Waals surface area contributed by atoms with Crippen LogP contribution in [0.2, 0.25) is 0 Å². The number of phenolic OH excluding ortho intramolecular Hbond substituents is 2. The van der Waals surface area contributed by atoms with Gasteiger partial charge in [-0.05, 0) is 30.6 Å². The Balaban J connectivity index is 2.71. The van der Waals surface area contributed by atoms with Crippen LogP contribution in [0.25, 0.3) is 0 Å². The summed E-state index contributed by atoms with van der Waals surface area (Å²) in [4.78, 5) is 13.5. The first-order chi connectivity index (χ1) is 8.07. The Morgan fingerprint density at radius 1 is 1.41 bits per heavy atom. The number of amides is 1. The molecule has 0 fully saturated rings. The molecule has 4 nitrogen and oxygen atoms in total. The minimum absolute atomic E-state index is 0.136. The van der Waals surface area contributed by atoms with Crippen molar-refractivity contribution < 1.29 is 15.0 Å². The molecule has 0 aliphatic rings. The molecule has 5 heteroatoms. The Morgan fingerprint density at radius 3 is 2.76 bits per heavy atom. The van der Waals surface area contributed by atoms with Crippen molar-refractivity contribution in [1.29, 1.82) is 0 Å². The number of benzene rings is 1. The van der Waals surface area contributed by atoms with Gasteiger partial charge in [0.05, 0.1) is 5.56 Å². The molecule has 1 aromatic rings. The van der Waals surface area contributed by atoms with Gasteiger partial charge in [0.25, 0.3) is 5.91 Å². The summed E-state index contributed by atoms with van der Waals surface area (Å²) in [7, 11) is 1.69. The van der Waals surface area contributed by atoms with Crippen molar-refractivity contribution >= 4 is 17.7 Å². The zero-order chi connectivity index (χ0) is 12.8. The molecule has 1 aromatic carbocycles. The number of hydrogen-bond donors (Lipinski definition) is 2. The molecule has 0 aliphatic carbocycles. The van der Waals surface area contributed by atoms with Crippen molar-refractivity contribution in [3.8, 4) is 11.5 Å². The number of para-hydroxylation sites is 1. The van der Waals surface area contributed by atoms with Gasteiger partial charge in [-0.15, -0.1) is 0 Å². The molecule has 0 saturated heterocycles. The average molecular weight is 255 g/mol. The van der Waals surface area contributed by atoms with Gasteiger partial charge in [-0.3, -0.25) is 4.79 Å². The van der Waals surface area contributed by atoms with Crippen LogP contribution < -0.4 is 0 Å². The van der Waals surface area contributed by atoms with Crippen molar-refractivity contribution in [2.45, 2.75) is 6.42 Å². The highest BCUT2D eigenvalue weighted by atomic mass is 32.2. The van der Waals surface area contributed by atoms with E-state index in [9.17, 15) is 15.0 Å². The molecule has 0 unspecified atom stereocenters. The lowest BCUT2D eigenvalue weighted by molar-refractivity contribution is 0.0792. The Kier molecular flexibility index (Phi) is 5.15. The number of aromatic hydroxyl groups is 2. The fraction of sp³-hybridized carbons (Fsp3) is 0.417. The van der Waals surface area contributed by atoms with Crippen LogP contribution in [0.5, 0.6) is 11.5 Å². The largest absolute Gasteiger partial charge is 0.504 e. The van der Waals surface area contributed by atoms with E-state index < -0.39 is 0 Å². The first kappa shape index (κ1) is 13.7. The third-order valence-corrected chi connectivity index (χ3v) is 3.13. The fourth-order valence-electron chi connectivity index (χ4n) is 1.46. The second-order valence-corrected chi connectivity index (χ2v) is 4.73. The number of nitrogens with zero attached hydrogens (tertiary/aromatic N) is 1. The standard InChI is InChI=1S/C12H17NO3S/c1-13(7-4-8-17-2)12(16)9-5-3-6-10(14)11(9)15/h3,5-6,14-15H,4,7-8H2,1-2H3. The second-order valence-electron chi connectivity index (χ2n) is 3.75. The number of phenols is 2. The maximum absolute atomic E-state index is 12.0. The Bertz CT molecular complexity index is 395. The molecule has 0 bridgehead atoms. The molecule has 0 spiro atoms. The van der Waals surface area contributed by atoms with Crippen molar-refractivity contribution in [2.24, 2.45) is 0 Å². The van der Waals surface area contributed by atoms with Crippen LogP contribution in [-0.2, 0) is 0 Å². The van der Waals surface area contributed by atoms with Crippen LogP contribution in [0.4, 0.5) is 0 Å². The molecular formula is C12H17NO3S. The zero-order valence-corrected chi connectivity index (χ0v) is 10.8. The van der Waals surface area contributed by atoms with Crippen LogP contribution in [0.15, 0.2) is 18.2 Å². The smallest absolute Gasteiger partial charge is 0.257 e. The van der Waals surface area contributed by atoms with Gasteiger partial charge in [0.1, 0.15) is 0 Å². The van der Waals surface area contributed by atoms with Crippen molar-refractivity contribution in [2.75, 3.05) is 25.6 Å². The van der Waals surface area contributed by atoms with E-state index in [1.54, 1.807) is 23.7 Å². The summed E-state index contributed by atoms with van der Waals surface area (Å²) >= 11 is 1.73. The van der Waals surface area contributed by atoms with Gasteiger partial charge in [-0.2, -0.15) is 11.8 Å². The number of carbonyl (C=O) groups excluding carboxylic acids is 1. The van der Waals surface area contributed by atoms with E-state index in [4.69, 9.17) is 0 Å². The molecule has 0 aromatic heterocycles. The lowest BCUT2D eigenvalue weighted by atomic mass is 10.1. The van der Waals surface area contributed by atoms with E-state index in [1.165, 1.54) is 18.2 Å². The van der Waals surface area contributed by atoms with Crippen molar-refractivity contribution in [1.82, 2.24) is 4.90 Å². The summed E-state index contributed by atoms with van der Waals surface area (Å²) < 4.78 is 0. The van der Waals surface area contributed by atoms with E-state index in [-0.39, 0.29) is 23.0 Å². The quantitative estimate of drug-likeness (QED) is 0.623. The molecule has 94 valence electrons. The molecule has 1 amide bonds. The van der Waals surface area contributed by atoms with Crippen molar-refractivity contribution in [3.05, 3.63) is 23.8 Å². The molecular weight excluding hydrogens is 238 g/mol. The summed E-state index contributed by atoms with van der Waals surface area (Å²) in [5.41, 5.74) is 0.136. The van der Waals surface area contributed by atoms with Gasteiger partial charge in [-0.1, -0.05) is 6.07 Å². The van der Waals surface area contributed by atoms with Crippen LogP contribution in [-0.4, -0.2) is 46.6 Å². The van der Waals surface area contributed by atoms with E-state index in [1.807, 2.05) is 6.26 Å². The van der Waals surface area contributed by atoms with E-state index in [2.05, 4.69) is 0 Å². The monoisotopic (exact) mass is 255 g/mol. The lowest BCUT2D eigenvalue weighted by Crippen LogP contribution is -2.28. The Labute approximate surface area is 105 Å². The Hall–Kier alpha value is -1.36. The molecule has 0 heterocycles. The number of carbonyl (C=O) groups is 1. The van der Waals surface area contributed by atoms with Gasteiger partial charge < -0.3 is 15.1 Å². The Morgan fingerprint density at radius 2 is 2.12 bits per heavy atom. The second kappa shape index (κ2) is 6.39. The summed E-state index contributed by atoms with van der Waals surface area (Å²) in [6.45, 7) is 0.634. The van der Waals surface area contributed by atoms with Crippen LogP contribution in [0.3, 0.4) is 0 Å². The highest BCUT2D eigenvalue weighted by molar-refractivity contribution is 7.98. The first-order valence-electron chi connectivity index (χ1n) is 5.33. The van der Waals surface area contributed by atoms with Crippen LogP contribution >= 0.6 is 11.8 Å². The van der Waals surface area contributed by atoms with Crippen LogP contribution in [0, 0.1) is 0 Å². The highest BCUT2D eigenvalue weighted by Gasteiger charge is 2.17. The summed E-state index contributed by atoms with van der Waals surface area (Å²) in [5, 5.41) is 18.9. The van der Waals surface area contributed by atoms with Gasteiger partial charge >= 0.3 is 0 Å². The third-order valence-electron chi connectivity index (χ3n) is 2.43. The highest BCUT2D eigenvalue weighted by Crippen LogP contribution is 2.28. The summed E-state index contributed by atoms with van der Waals surface area (Å²) in [6.07, 6.45) is 2.92. The minimum atomic E-state index is -0.353. The molecule has 17 heavy (non-hydrogen) atoms. The SMILES string of the molecule is CSCCCN(C)C(=O)c1cccc(O)c1O. The van der Waals surface area contributed by atoms with E-state index in [0.29, 0.717) is 6.54 Å². The van der Waals surface area contributed by atoms with Gasteiger partial charge in [0.15, 0.2) is 11.5 Å². The normalized spacial score (nSPS) is 10.2. The predicted octanol–water partition coefficient (Wildman–Crippen LogP) is 1.92. The predicted molar refractivity (Wildman–Crippen MR) is 69.7 cm³/mol. The molecule has 0 radical (unpaired) electrons. The topological polar surface area (TPSA) is 60.8 Å². The molecule has 1 rings (SSSR count). The fourth-order valence-corrected chi connectivity index (χ4v) is 1.87. The average Bonchev–Trinajstić information content (AvgIpc) is 2.32. The van der Waals surface area contributed by atoms with Gasteiger partial charge in [-0.25, -0.2) is 0 Å². The maximum atomic E-state index is 12.0. The van der Waals surface area contributed by atoms with Gasteiger partial charge in [0, 0.05) is 13.6 Å². The summed E-state index contributed by atoms with van der Waals surface area (Å²) in [6, 6.07) is 4.39. The minimum Gasteiger partial charge on any atom is -0.504 e. The molecule has 2 N–H and O–H groups in total. The van der Waals surface area contributed by atoms with E-state index in [0.717, 1.165) is 12.2 Å². The molecule has 0 aliphatic heterocycles. The first-order valence-corrected chi connectivity index (χ1v) is 6.72. The third kappa shape index (κ3) is 3.56. The maximum Gasteiger partial charge on any atom is 0.257 e. The van der Waals surface area contributed by atoms with Gasteiger partial charge in [0.2, 0.25) is 0 Å².